The fourth-order valence-corrected chi connectivity index (χ4v) is 2.59. The van der Waals surface area contributed by atoms with Crippen LogP contribution in [0.4, 0.5) is 5.69 Å². The van der Waals surface area contributed by atoms with E-state index in [0.29, 0.717) is 13.2 Å². The maximum Gasteiger partial charge on any atom is 0.223 e. The SMILES string of the molecule is CC(=O)N(CCOc1ccc2ccccc2c1)c1ccccc1. The van der Waals surface area contributed by atoms with Gasteiger partial charge in [0.2, 0.25) is 5.91 Å². The van der Waals surface area contributed by atoms with Crippen molar-refractivity contribution in [2.24, 2.45) is 0 Å². The summed E-state index contributed by atoms with van der Waals surface area (Å²) in [7, 11) is 0. The molecule has 3 nitrogen and oxygen atoms in total. The van der Waals surface area contributed by atoms with Crippen LogP contribution < -0.4 is 9.64 Å². The fourth-order valence-electron chi connectivity index (χ4n) is 2.59. The smallest absolute Gasteiger partial charge is 0.223 e. The summed E-state index contributed by atoms with van der Waals surface area (Å²) in [6, 6.07) is 23.9. The van der Waals surface area contributed by atoms with Crippen molar-refractivity contribution in [2.45, 2.75) is 6.92 Å². The lowest BCUT2D eigenvalue weighted by atomic mass is 10.1. The lowest BCUT2D eigenvalue weighted by Crippen LogP contribution is -2.32. The molecule has 0 saturated heterocycles. The summed E-state index contributed by atoms with van der Waals surface area (Å²) in [5.74, 6) is 0.832. The molecule has 0 aliphatic rings. The minimum atomic E-state index is 0.0123. The van der Waals surface area contributed by atoms with E-state index in [9.17, 15) is 4.79 Å². The van der Waals surface area contributed by atoms with Crippen molar-refractivity contribution in [3.63, 3.8) is 0 Å². The average molecular weight is 305 g/mol. The molecule has 0 fully saturated rings. The predicted octanol–water partition coefficient (Wildman–Crippen LogP) is 4.27. The molecule has 0 aliphatic carbocycles. The monoisotopic (exact) mass is 305 g/mol. The molecular formula is C20H19NO2. The largest absolute Gasteiger partial charge is 0.492 e. The van der Waals surface area contributed by atoms with Crippen LogP contribution in [-0.2, 0) is 4.79 Å². The zero-order valence-corrected chi connectivity index (χ0v) is 13.1. The first-order valence-corrected chi connectivity index (χ1v) is 7.69. The van der Waals surface area contributed by atoms with Gasteiger partial charge in [0.25, 0.3) is 0 Å². The van der Waals surface area contributed by atoms with Gasteiger partial charge in [-0.05, 0) is 35.0 Å². The van der Waals surface area contributed by atoms with Gasteiger partial charge in [-0.15, -0.1) is 0 Å². The molecule has 0 radical (unpaired) electrons. The number of hydrogen-bond donors (Lipinski definition) is 0. The summed E-state index contributed by atoms with van der Waals surface area (Å²) in [5, 5.41) is 2.34. The van der Waals surface area contributed by atoms with Crippen LogP contribution in [0.15, 0.2) is 72.8 Å². The van der Waals surface area contributed by atoms with E-state index in [1.54, 1.807) is 11.8 Å². The van der Waals surface area contributed by atoms with Gasteiger partial charge in [-0.25, -0.2) is 0 Å². The molecule has 0 atom stereocenters. The van der Waals surface area contributed by atoms with Crippen molar-refractivity contribution >= 4 is 22.4 Å². The third kappa shape index (κ3) is 3.69. The number of nitrogens with zero attached hydrogens (tertiary/aromatic N) is 1. The molecule has 0 saturated carbocycles. The molecule has 3 aromatic carbocycles. The first-order valence-electron chi connectivity index (χ1n) is 7.69. The van der Waals surface area contributed by atoms with Gasteiger partial charge in [-0.3, -0.25) is 4.79 Å². The number of benzene rings is 3. The van der Waals surface area contributed by atoms with Gasteiger partial charge in [-0.1, -0.05) is 48.5 Å². The van der Waals surface area contributed by atoms with Crippen molar-refractivity contribution in [1.29, 1.82) is 0 Å². The molecule has 0 heterocycles. The van der Waals surface area contributed by atoms with Crippen LogP contribution in [-0.4, -0.2) is 19.1 Å². The molecule has 116 valence electrons. The number of rotatable bonds is 5. The Kier molecular flexibility index (Phi) is 4.57. The zero-order chi connectivity index (χ0) is 16.1. The van der Waals surface area contributed by atoms with E-state index in [-0.39, 0.29) is 5.91 Å². The van der Waals surface area contributed by atoms with E-state index in [2.05, 4.69) is 12.1 Å². The Morgan fingerprint density at radius 3 is 2.35 bits per heavy atom. The molecule has 3 rings (SSSR count). The Hall–Kier alpha value is -2.81. The van der Waals surface area contributed by atoms with Crippen molar-refractivity contribution in [3.05, 3.63) is 72.8 Å². The molecule has 0 aromatic heterocycles. The number of carbonyl (C=O) groups is 1. The lowest BCUT2D eigenvalue weighted by molar-refractivity contribution is -0.116. The maximum atomic E-state index is 11.8. The summed E-state index contributed by atoms with van der Waals surface area (Å²) < 4.78 is 5.82. The van der Waals surface area contributed by atoms with Crippen LogP contribution in [0.3, 0.4) is 0 Å². The molecule has 0 unspecified atom stereocenters. The Morgan fingerprint density at radius 1 is 0.913 bits per heavy atom. The third-order valence-corrected chi connectivity index (χ3v) is 3.75. The van der Waals surface area contributed by atoms with E-state index in [0.717, 1.165) is 16.8 Å². The summed E-state index contributed by atoms with van der Waals surface area (Å²) in [4.78, 5) is 13.6. The Labute approximate surface area is 136 Å². The molecule has 0 aliphatic heterocycles. The molecule has 0 N–H and O–H groups in total. The van der Waals surface area contributed by atoms with Crippen LogP contribution in [0, 0.1) is 0 Å². The van der Waals surface area contributed by atoms with E-state index in [4.69, 9.17) is 4.74 Å². The average Bonchev–Trinajstić information content (AvgIpc) is 2.59. The zero-order valence-electron chi connectivity index (χ0n) is 13.1. The van der Waals surface area contributed by atoms with Crippen LogP contribution >= 0.6 is 0 Å². The van der Waals surface area contributed by atoms with Gasteiger partial charge < -0.3 is 9.64 Å². The van der Waals surface area contributed by atoms with Crippen LogP contribution in [0.2, 0.25) is 0 Å². The van der Waals surface area contributed by atoms with E-state index < -0.39 is 0 Å². The Bertz CT molecular complexity index is 799. The minimum absolute atomic E-state index is 0.0123. The molecular weight excluding hydrogens is 286 g/mol. The number of amides is 1. The van der Waals surface area contributed by atoms with Gasteiger partial charge in [0, 0.05) is 12.6 Å². The van der Waals surface area contributed by atoms with Crippen molar-refractivity contribution in [1.82, 2.24) is 0 Å². The lowest BCUT2D eigenvalue weighted by Gasteiger charge is -2.21. The van der Waals surface area contributed by atoms with Gasteiger partial charge in [0.05, 0.1) is 6.54 Å². The highest BCUT2D eigenvalue weighted by Gasteiger charge is 2.10. The van der Waals surface area contributed by atoms with E-state index >= 15 is 0 Å². The molecule has 3 aromatic rings. The highest BCUT2D eigenvalue weighted by Crippen LogP contribution is 2.21. The van der Waals surface area contributed by atoms with Crippen molar-refractivity contribution in [2.75, 3.05) is 18.1 Å². The first kappa shape index (κ1) is 15.1. The highest BCUT2D eigenvalue weighted by molar-refractivity contribution is 5.91. The number of carbonyl (C=O) groups excluding carboxylic acids is 1. The van der Waals surface area contributed by atoms with Gasteiger partial charge >= 0.3 is 0 Å². The summed E-state index contributed by atoms with van der Waals surface area (Å²) in [5.41, 5.74) is 0.891. The number of fused-ring (bicyclic) bond motifs is 1. The number of ether oxygens (including phenoxy) is 1. The molecule has 23 heavy (non-hydrogen) atoms. The van der Waals surface area contributed by atoms with Crippen molar-refractivity contribution < 1.29 is 9.53 Å². The molecule has 1 amide bonds. The standard InChI is InChI=1S/C20H19NO2/c1-16(22)21(19-9-3-2-4-10-19)13-14-23-20-12-11-17-7-5-6-8-18(17)15-20/h2-12,15H,13-14H2,1H3. The minimum Gasteiger partial charge on any atom is -0.492 e. The molecule has 0 bridgehead atoms. The Balaban J connectivity index is 1.65. The topological polar surface area (TPSA) is 29.5 Å². The highest BCUT2D eigenvalue weighted by atomic mass is 16.5. The van der Waals surface area contributed by atoms with Crippen molar-refractivity contribution in [3.8, 4) is 5.75 Å². The second-order valence-corrected chi connectivity index (χ2v) is 5.36. The fraction of sp³-hybridized carbons (Fsp3) is 0.150. The quantitative estimate of drug-likeness (QED) is 0.704. The van der Waals surface area contributed by atoms with Crippen LogP contribution in [0.25, 0.3) is 10.8 Å². The second-order valence-electron chi connectivity index (χ2n) is 5.36. The van der Waals surface area contributed by atoms with E-state index in [1.807, 2.05) is 60.7 Å². The number of para-hydroxylation sites is 1. The second kappa shape index (κ2) is 6.97. The van der Waals surface area contributed by atoms with Gasteiger partial charge in [0.1, 0.15) is 12.4 Å². The third-order valence-electron chi connectivity index (χ3n) is 3.75. The van der Waals surface area contributed by atoms with Gasteiger partial charge in [-0.2, -0.15) is 0 Å². The summed E-state index contributed by atoms with van der Waals surface area (Å²) in [6.07, 6.45) is 0. The number of anilines is 1. The van der Waals surface area contributed by atoms with Crippen LogP contribution in [0.5, 0.6) is 5.75 Å². The summed E-state index contributed by atoms with van der Waals surface area (Å²) >= 11 is 0. The normalized spacial score (nSPS) is 10.5. The molecule has 3 heteroatoms. The van der Waals surface area contributed by atoms with Gasteiger partial charge in [0.15, 0.2) is 0 Å². The number of hydrogen-bond acceptors (Lipinski definition) is 2. The maximum absolute atomic E-state index is 11.8. The predicted molar refractivity (Wildman–Crippen MR) is 93.9 cm³/mol. The molecule has 0 spiro atoms. The summed E-state index contributed by atoms with van der Waals surface area (Å²) in [6.45, 7) is 2.54. The Morgan fingerprint density at radius 2 is 1.61 bits per heavy atom. The van der Waals surface area contributed by atoms with Crippen LogP contribution in [0.1, 0.15) is 6.92 Å². The van der Waals surface area contributed by atoms with E-state index in [1.165, 1.54) is 5.39 Å². The first-order chi connectivity index (χ1) is 11.2.